The lowest BCUT2D eigenvalue weighted by Crippen LogP contribution is -2.32. The molecular weight excluding hydrogens is 292 g/mol. The molecule has 1 unspecified atom stereocenters. The minimum Gasteiger partial charge on any atom is -0.311 e. The third-order valence-electron chi connectivity index (χ3n) is 3.48. The van der Waals surface area contributed by atoms with Gasteiger partial charge in [-0.2, -0.15) is 5.10 Å². The first-order valence-corrected chi connectivity index (χ1v) is 7.98. The van der Waals surface area contributed by atoms with E-state index in [1.165, 1.54) is 4.90 Å². The van der Waals surface area contributed by atoms with Gasteiger partial charge in [-0.1, -0.05) is 0 Å². The molecule has 2 N–H and O–H groups in total. The van der Waals surface area contributed by atoms with Crippen molar-refractivity contribution in [3.63, 3.8) is 0 Å². The number of sulfonamides is 1. The number of hydrogen-bond donors (Lipinski definition) is 1. The highest BCUT2D eigenvalue weighted by Crippen LogP contribution is 2.25. The third kappa shape index (κ3) is 2.67. The van der Waals surface area contributed by atoms with Crippen LogP contribution in [-0.2, 0) is 14.8 Å². The van der Waals surface area contributed by atoms with Crippen molar-refractivity contribution in [1.29, 1.82) is 0 Å². The van der Waals surface area contributed by atoms with E-state index in [4.69, 9.17) is 5.14 Å². The average molecular weight is 306 g/mol. The Hall–Kier alpha value is -2.19. The van der Waals surface area contributed by atoms with E-state index >= 15 is 0 Å². The van der Waals surface area contributed by atoms with Crippen molar-refractivity contribution < 1.29 is 13.2 Å². The van der Waals surface area contributed by atoms with Crippen LogP contribution in [0.15, 0.2) is 42.7 Å². The molecule has 8 heteroatoms. The van der Waals surface area contributed by atoms with Crippen LogP contribution in [0.25, 0.3) is 5.69 Å². The maximum absolute atomic E-state index is 11.9. The van der Waals surface area contributed by atoms with Crippen molar-refractivity contribution in [3.05, 3.63) is 42.7 Å². The van der Waals surface area contributed by atoms with E-state index in [2.05, 4.69) is 5.10 Å². The SMILES string of the molecule is NS(=O)(=O)C1CC(=O)N(c2ccc(-n3cccn3)cc2)C1. The van der Waals surface area contributed by atoms with Gasteiger partial charge >= 0.3 is 0 Å². The number of anilines is 1. The van der Waals surface area contributed by atoms with Crippen LogP contribution < -0.4 is 10.0 Å². The van der Waals surface area contributed by atoms with Crippen LogP contribution in [0.2, 0.25) is 0 Å². The molecule has 0 spiro atoms. The Kier molecular flexibility index (Phi) is 3.26. The van der Waals surface area contributed by atoms with E-state index in [9.17, 15) is 13.2 Å². The Balaban J connectivity index is 1.83. The molecule has 1 amide bonds. The summed E-state index contributed by atoms with van der Waals surface area (Å²) in [7, 11) is -3.70. The number of carbonyl (C=O) groups excluding carboxylic acids is 1. The van der Waals surface area contributed by atoms with Crippen molar-refractivity contribution in [2.24, 2.45) is 5.14 Å². The summed E-state index contributed by atoms with van der Waals surface area (Å²) < 4.78 is 24.4. The molecule has 1 fully saturated rings. The first-order valence-electron chi connectivity index (χ1n) is 6.37. The molecule has 21 heavy (non-hydrogen) atoms. The predicted octanol–water partition coefficient (Wildman–Crippen LogP) is 0.266. The summed E-state index contributed by atoms with van der Waals surface area (Å²) in [6.45, 7) is 0.0960. The van der Waals surface area contributed by atoms with Gasteiger partial charge in [0.2, 0.25) is 15.9 Å². The second-order valence-electron chi connectivity index (χ2n) is 4.89. The molecule has 0 radical (unpaired) electrons. The van der Waals surface area contributed by atoms with Crippen molar-refractivity contribution in [2.45, 2.75) is 11.7 Å². The minimum absolute atomic E-state index is 0.0697. The Labute approximate surface area is 122 Å². The van der Waals surface area contributed by atoms with Crippen LogP contribution in [0.5, 0.6) is 0 Å². The topological polar surface area (TPSA) is 98.3 Å². The van der Waals surface area contributed by atoms with Gasteiger partial charge in [0.15, 0.2) is 0 Å². The molecule has 0 aliphatic carbocycles. The minimum atomic E-state index is -3.70. The lowest BCUT2D eigenvalue weighted by atomic mass is 10.2. The largest absolute Gasteiger partial charge is 0.311 e. The molecule has 1 aliphatic rings. The van der Waals surface area contributed by atoms with Crippen LogP contribution in [0.3, 0.4) is 0 Å². The smallest absolute Gasteiger partial charge is 0.228 e. The van der Waals surface area contributed by atoms with Gasteiger partial charge in [0.1, 0.15) is 5.25 Å². The number of aromatic nitrogens is 2. The number of carbonyl (C=O) groups is 1. The highest BCUT2D eigenvalue weighted by atomic mass is 32.2. The van der Waals surface area contributed by atoms with Gasteiger partial charge in [-0.05, 0) is 30.3 Å². The number of nitrogens with zero attached hydrogens (tertiary/aromatic N) is 3. The van der Waals surface area contributed by atoms with Crippen LogP contribution >= 0.6 is 0 Å². The van der Waals surface area contributed by atoms with Crippen molar-refractivity contribution in [2.75, 3.05) is 11.4 Å². The number of nitrogens with two attached hydrogens (primary N) is 1. The Morgan fingerprint density at radius 2 is 1.86 bits per heavy atom. The quantitative estimate of drug-likeness (QED) is 0.879. The van der Waals surface area contributed by atoms with E-state index in [1.54, 1.807) is 23.0 Å². The molecule has 110 valence electrons. The lowest BCUT2D eigenvalue weighted by molar-refractivity contribution is -0.117. The van der Waals surface area contributed by atoms with E-state index < -0.39 is 15.3 Å². The zero-order chi connectivity index (χ0) is 15.0. The number of benzene rings is 1. The Bertz CT molecular complexity index is 753. The molecule has 2 heterocycles. The second-order valence-corrected chi connectivity index (χ2v) is 6.73. The van der Waals surface area contributed by atoms with Gasteiger partial charge in [0, 0.05) is 31.0 Å². The van der Waals surface area contributed by atoms with Gasteiger partial charge in [-0.15, -0.1) is 0 Å². The van der Waals surface area contributed by atoms with Gasteiger partial charge in [-0.25, -0.2) is 18.2 Å². The molecular formula is C13H14N4O3S. The molecule has 0 bridgehead atoms. The molecule has 1 saturated heterocycles. The number of primary sulfonamides is 1. The normalized spacial score (nSPS) is 19.2. The highest BCUT2D eigenvalue weighted by Gasteiger charge is 2.37. The summed E-state index contributed by atoms with van der Waals surface area (Å²) in [5, 5.41) is 8.39. The van der Waals surface area contributed by atoms with Gasteiger partial charge in [0.05, 0.1) is 5.69 Å². The fraction of sp³-hybridized carbons (Fsp3) is 0.231. The lowest BCUT2D eigenvalue weighted by Gasteiger charge is -2.16. The summed E-state index contributed by atoms with van der Waals surface area (Å²) in [4.78, 5) is 13.4. The monoisotopic (exact) mass is 306 g/mol. The summed E-state index contributed by atoms with van der Waals surface area (Å²) in [5.41, 5.74) is 1.51. The van der Waals surface area contributed by atoms with Gasteiger partial charge in [0.25, 0.3) is 0 Å². The molecule has 1 aromatic carbocycles. The van der Waals surface area contributed by atoms with Crippen molar-refractivity contribution >= 4 is 21.6 Å². The molecule has 2 aromatic rings. The Morgan fingerprint density at radius 1 is 1.19 bits per heavy atom. The highest BCUT2D eigenvalue weighted by molar-refractivity contribution is 7.89. The summed E-state index contributed by atoms with van der Waals surface area (Å²) in [6.07, 6.45) is 3.42. The molecule has 0 saturated carbocycles. The van der Waals surface area contributed by atoms with Crippen LogP contribution in [0.1, 0.15) is 6.42 Å². The van der Waals surface area contributed by atoms with Gasteiger partial charge in [-0.3, -0.25) is 4.79 Å². The summed E-state index contributed by atoms with van der Waals surface area (Å²) in [6, 6.07) is 8.98. The predicted molar refractivity (Wildman–Crippen MR) is 77.4 cm³/mol. The Morgan fingerprint density at radius 3 is 2.38 bits per heavy atom. The summed E-state index contributed by atoms with van der Waals surface area (Å²) >= 11 is 0. The molecule has 1 aliphatic heterocycles. The molecule has 3 rings (SSSR count). The van der Waals surface area contributed by atoms with Crippen LogP contribution in [0, 0.1) is 0 Å². The van der Waals surface area contributed by atoms with Crippen LogP contribution in [0.4, 0.5) is 5.69 Å². The first kappa shape index (κ1) is 13.8. The zero-order valence-electron chi connectivity index (χ0n) is 11.1. The molecule has 7 nitrogen and oxygen atoms in total. The van der Waals surface area contributed by atoms with E-state index in [0.29, 0.717) is 5.69 Å². The maximum atomic E-state index is 11.9. The van der Waals surface area contributed by atoms with Gasteiger partial charge < -0.3 is 4.90 Å². The third-order valence-corrected chi connectivity index (χ3v) is 4.73. The average Bonchev–Trinajstić information content (AvgIpc) is 3.07. The first-order chi connectivity index (χ1) is 9.95. The van der Waals surface area contributed by atoms with Crippen molar-refractivity contribution in [1.82, 2.24) is 9.78 Å². The fourth-order valence-electron chi connectivity index (χ4n) is 2.35. The summed E-state index contributed by atoms with van der Waals surface area (Å²) in [5.74, 6) is -0.235. The van der Waals surface area contributed by atoms with Crippen molar-refractivity contribution in [3.8, 4) is 5.69 Å². The maximum Gasteiger partial charge on any atom is 0.228 e. The molecule has 1 atom stereocenters. The van der Waals surface area contributed by atoms with E-state index in [1.807, 2.05) is 24.4 Å². The number of amides is 1. The molecule has 1 aromatic heterocycles. The van der Waals surface area contributed by atoms with Crippen LogP contribution in [-0.4, -0.2) is 35.9 Å². The second kappa shape index (κ2) is 4.97. The standard InChI is InChI=1S/C13H14N4O3S/c14-21(19,20)12-8-13(18)16(9-12)10-2-4-11(5-3-10)17-7-1-6-15-17/h1-7,12H,8-9H2,(H2,14,19,20). The number of hydrogen-bond acceptors (Lipinski definition) is 4. The number of rotatable bonds is 3. The van der Waals surface area contributed by atoms with E-state index in [-0.39, 0.29) is 18.9 Å². The fourth-order valence-corrected chi connectivity index (χ4v) is 3.08. The van der Waals surface area contributed by atoms with E-state index in [0.717, 1.165) is 5.69 Å². The zero-order valence-corrected chi connectivity index (χ0v) is 11.9.